The fraction of sp³-hybridized carbons (Fsp3) is 1.00. The van der Waals surface area contributed by atoms with E-state index in [0.29, 0.717) is 6.54 Å². The predicted octanol–water partition coefficient (Wildman–Crippen LogP) is 0.462. The Kier molecular flexibility index (Phi) is 4.74. The molecule has 0 spiro atoms. The van der Waals surface area contributed by atoms with Crippen LogP contribution in [0.3, 0.4) is 0 Å². The third-order valence-corrected chi connectivity index (χ3v) is 2.54. The third-order valence-electron chi connectivity index (χ3n) is 1.65. The first kappa shape index (κ1) is 11.9. The SMILES string of the molecule is CCC(CN(C)C)CS(=O)(=O)O. The fourth-order valence-corrected chi connectivity index (χ4v) is 2.05. The maximum absolute atomic E-state index is 10.5. The lowest BCUT2D eigenvalue weighted by molar-refractivity contribution is 0.330. The Morgan fingerprint density at radius 2 is 1.92 bits per heavy atom. The van der Waals surface area contributed by atoms with Crippen molar-refractivity contribution in [3.8, 4) is 0 Å². The fourth-order valence-electron chi connectivity index (χ4n) is 1.11. The lowest BCUT2D eigenvalue weighted by Gasteiger charge is -2.17. The lowest BCUT2D eigenvalue weighted by atomic mass is 10.1. The summed E-state index contributed by atoms with van der Waals surface area (Å²) in [7, 11) is -0.0445. The Labute approximate surface area is 74.3 Å². The largest absolute Gasteiger partial charge is 0.309 e. The van der Waals surface area contributed by atoms with E-state index in [0.717, 1.165) is 6.42 Å². The summed E-state index contributed by atoms with van der Waals surface area (Å²) >= 11 is 0. The number of rotatable bonds is 5. The molecule has 0 aromatic rings. The molecule has 0 rings (SSSR count). The first-order valence-electron chi connectivity index (χ1n) is 3.95. The second-order valence-corrected chi connectivity index (χ2v) is 4.78. The zero-order valence-corrected chi connectivity index (χ0v) is 8.63. The Bertz CT molecular complexity index is 211. The Morgan fingerprint density at radius 3 is 2.17 bits per heavy atom. The van der Waals surface area contributed by atoms with Gasteiger partial charge in [-0.25, -0.2) is 0 Å². The molecule has 0 heterocycles. The molecule has 0 radical (unpaired) electrons. The summed E-state index contributed by atoms with van der Waals surface area (Å²) in [5, 5.41) is 0. The van der Waals surface area contributed by atoms with Crippen LogP contribution >= 0.6 is 0 Å². The minimum absolute atomic E-state index is 0.0231. The van der Waals surface area contributed by atoms with E-state index in [9.17, 15) is 8.42 Å². The molecule has 0 fully saturated rings. The van der Waals surface area contributed by atoms with Gasteiger partial charge in [0.05, 0.1) is 5.75 Å². The van der Waals surface area contributed by atoms with Gasteiger partial charge in [-0.2, -0.15) is 8.42 Å². The lowest BCUT2D eigenvalue weighted by Crippen LogP contribution is -2.26. The highest BCUT2D eigenvalue weighted by atomic mass is 32.2. The van der Waals surface area contributed by atoms with E-state index in [2.05, 4.69) is 0 Å². The summed E-state index contributed by atoms with van der Waals surface area (Å²) in [6, 6.07) is 0. The van der Waals surface area contributed by atoms with E-state index in [4.69, 9.17) is 4.55 Å². The summed E-state index contributed by atoms with van der Waals surface area (Å²) in [6.45, 7) is 2.61. The molecule has 1 unspecified atom stereocenters. The molecule has 0 aliphatic carbocycles. The van der Waals surface area contributed by atoms with Crippen LogP contribution in [-0.4, -0.2) is 44.3 Å². The molecule has 0 bridgehead atoms. The third kappa shape index (κ3) is 6.57. The highest BCUT2D eigenvalue weighted by Crippen LogP contribution is 2.06. The van der Waals surface area contributed by atoms with Crippen molar-refractivity contribution in [2.45, 2.75) is 13.3 Å². The zero-order valence-electron chi connectivity index (χ0n) is 7.82. The van der Waals surface area contributed by atoms with Gasteiger partial charge in [0.1, 0.15) is 0 Å². The summed E-state index contributed by atoms with van der Waals surface area (Å²) in [6.07, 6.45) is 0.762. The zero-order chi connectivity index (χ0) is 9.78. The normalized spacial score (nSPS) is 15.1. The molecule has 0 aromatic heterocycles. The minimum atomic E-state index is -3.81. The van der Waals surface area contributed by atoms with Crippen LogP contribution in [0.1, 0.15) is 13.3 Å². The van der Waals surface area contributed by atoms with Crippen molar-refractivity contribution in [2.75, 3.05) is 26.4 Å². The summed E-state index contributed by atoms with van der Waals surface area (Å²) in [4.78, 5) is 1.92. The first-order chi connectivity index (χ1) is 5.35. The Hall–Kier alpha value is -0.130. The van der Waals surface area contributed by atoms with Crippen LogP contribution in [0, 0.1) is 5.92 Å². The van der Waals surface area contributed by atoms with E-state index in [1.165, 1.54) is 0 Å². The van der Waals surface area contributed by atoms with Crippen molar-refractivity contribution in [3.63, 3.8) is 0 Å². The standard InChI is InChI=1S/C7H17NO3S/c1-4-7(5-8(2)3)6-12(9,10)11/h7H,4-6H2,1-3H3,(H,9,10,11). The average molecular weight is 195 g/mol. The van der Waals surface area contributed by atoms with Gasteiger partial charge in [0, 0.05) is 6.54 Å². The number of nitrogens with zero attached hydrogens (tertiary/aromatic N) is 1. The van der Waals surface area contributed by atoms with Crippen LogP contribution in [-0.2, 0) is 10.1 Å². The number of hydrogen-bond donors (Lipinski definition) is 1. The van der Waals surface area contributed by atoms with Crippen LogP contribution in [0.15, 0.2) is 0 Å². The molecular weight excluding hydrogens is 178 g/mol. The van der Waals surface area contributed by atoms with E-state index in [1.54, 1.807) is 0 Å². The van der Waals surface area contributed by atoms with Gasteiger partial charge >= 0.3 is 0 Å². The molecule has 0 saturated carbocycles. The second kappa shape index (κ2) is 4.79. The van der Waals surface area contributed by atoms with Gasteiger partial charge in [-0.3, -0.25) is 4.55 Å². The van der Waals surface area contributed by atoms with Crippen LogP contribution in [0.25, 0.3) is 0 Å². The van der Waals surface area contributed by atoms with E-state index in [1.807, 2.05) is 25.9 Å². The quantitative estimate of drug-likeness (QED) is 0.648. The minimum Gasteiger partial charge on any atom is -0.309 e. The van der Waals surface area contributed by atoms with Crippen LogP contribution in [0.5, 0.6) is 0 Å². The highest BCUT2D eigenvalue weighted by Gasteiger charge is 2.15. The van der Waals surface area contributed by atoms with Crippen molar-refractivity contribution < 1.29 is 13.0 Å². The predicted molar refractivity (Wildman–Crippen MR) is 48.8 cm³/mol. The second-order valence-electron chi connectivity index (χ2n) is 3.29. The molecule has 0 aromatic carbocycles. The van der Waals surface area contributed by atoms with E-state index >= 15 is 0 Å². The molecule has 12 heavy (non-hydrogen) atoms. The summed E-state index contributed by atoms with van der Waals surface area (Å²) in [5.74, 6) is -0.114. The maximum atomic E-state index is 10.5. The molecule has 1 N–H and O–H groups in total. The smallest absolute Gasteiger partial charge is 0.265 e. The molecule has 1 atom stereocenters. The van der Waals surface area contributed by atoms with E-state index in [-0.39, 0.29) is 11.7 Å². The van der Waals surface area contributed by atoms with Crippen molar-refractivity contribution in [1.29, 1.82) is 0 Å². The molecule has 74 valence electrons. The van der Waals surface area contributed by atoms with Gasteiger partial charge in [0.2, 0.25) is 0 Å². The van der Waals surface area contributed by atoms with Gasteiger partial charge < -0.3 is 4.90 Å². The molecule has 0 saturated heterocycles. The van der Waals surface area contributed by atoms with Crippen molar-refractivity contribution >= 4 is 10.1 Å². The summed E-state index contributed by atoms with van der Waals surface area (Å²) < 4.78 is 29.6. The molecule has 0 amide bonds. The summed E-state index contributed by atoms with van der Waals surface area (Å²) in [5.41, 5.74) is 0. The van der Waals surface area contributed by atoms with Crippen molar-refractivity contribution in [1.82, 2.24) is 4.90 Å². The number of hydrogen-bond acceptors (Lipinski definition) is 3. The van der Waals surface area contributed by atoms with Gasteiger partial charge in [-0.15, -0.1) is 0 Å². The van der Waals surface area contributed by atoms with Gasteiger partial charge in [-0.05, 0) is 20.0 Å². The molecular formula is C7H17NO3S. The highest BCUT2D eigenvalue weighted by molar-refractivity contribution is 7.85. The van der Waals surface area contributed by atoms with Gasteiger partial charge in [-0.1, -0.05) is 13.3 Å². The maximum Gasteiger partial charge on any atom is 0.265 e. The van der Waals surface area contributed by atoms with Gasteiger partial charge in [0.15, 0.2) is 0 Å². The van der Waals surface area contributed by atoms with E-state index < -0.39 is 10.1 Å². The Balaban J connectivity index is 4.01. The first-order valence-corrected chi connectivity index (χ1v) is 5.56. The molecule has 4 nitrogen and oxygen atoms in total. The van der Waals surface area contributed by atoms with Crippen molar-refractivity contribution in [3.05, 3.63) is 0 Å². The van der Waals surface area contributed by atoms with Crippen LogP contribution in [0.2, 0.25) is 0 Å². The monoisotopic (exact) mass is 195 g/mol. The van der Waals surface area contributed by atoms with Crippen LogP contribution < -0.4 is 0 Å². The van der Waals surface area contributed by atoms with Crippen LogP contribution in [0.4, 0.5) is 0 Å². The van der Waals surface area contributed by atoms with Crippen molar-refractivity contribution in [2.24, 2.45) is 5.92 Å². The Morgan fingerprint density at radius 1 is 1.42 bits per heavy atom. The van der Waals surface area contributed by atoms with Gasteiger partial charge in [0.25, 0.3) is 10.1 Å². The topological polar surface area (TPSA) is 57.6 Å². The average Bonchev–Trinajstić information content (AvgIpc) is 1.82. The molecule has 5 heteroatoms. The molecule has 0 aliphatic rings. The molecule has 0 aliphatic heterocycles.